The van der Waals surface area contributed by atoms with Crippen molar-refractivity contribution in [3.8, 4) is 0 Å². The monoisotopic (exact) mass is 400 g/mol. The molecule has 2 aromatic rings. The first-order valence-corrected chi connectivity index (χ1v) is 11.0. The predicted octanol–water partition coefficient (Wildman–Crippen LogP) is 4.35. The van der Waals surface area contributed by atoms with E-state index >= 15 is 0 Å². The third kappa shape index (κ3) is 5.44. The van der Waals surface area contributed by atoms with Gasteiger partial charge in [-0.25, -0.2) is 0 Å². The molecule has 1 aromatic heterocycles. The van der Waals surface area contributed by atoms with Crippen molar-refractivity contribution in [3.05, 3.63) is 35.7 Å². The van der Waals surface area contributed by atoms with E-state index in [2.05, 4.69) is 27.0 Å². The molecule has 0 radical (unpaired) electrons. The van der Waals surface area contributed by atoms with Crippen LogP contribution in [0.25, 0.3) is 0 Å². The number of aromatic nitrogens is 3. The summed E-state index contributed by atoms with van der Waals surface area (Å²) in [4.78, 5) is 23.6. The molecule has 7 heteroatoms. The summed E-state index contributed by atoms with van der Waals surface area (Å²) >= 11 is 1.41. The fraction of sp³-hybridized carbons (Fsp3) is 0.524. The Morgan fingerprint density at radius 2 is 1.86 bits per heavy atom. The maximum atomic E-state index is 12.3. The topological polar surface area (TPSA) is 76.9 Å². The zero-order valence-corrected chi connectivity index (χ0v) is 17.4. The van der Waals surface area contributed by atoms with Crippen molar-refractivity contribution in [1.29, 1.82) is 0 Å². The molecular formula is C21H28N4O2S. The number of rotatable bonds is 8. The van der Waals surface area contributed by atoms with Gasteiger partial charge in [-0.2, -0.15) is 0 Å². The normalized spacial score (nSPS) is 14.8. The Labute approximate surface area is 170 Å². The minimum Gasteiger partial charge on any atom is -0.325 e. The quantitative estimate of drug-likeness (QED) is 0.526. The summed E-state index contributed by atoms with van der Waals surface area (Å²) in [6.07, 6.45) is 7.54. The van der Waals surface area contributed by atoms with Crippen molar-refractivity contribution in [2.75, 3.05) is 11.1 Å². The highest BCUT2D eigenvalue weighted by atomic mass is 32.2. The third-order valence-corrected chi connectivity index (χ3v) is 6.18. The van der Waals surface area contributed by atoms with Crippen LogP contribution in [0.15, 0.2) is 29.4 Å². The lowest BCUT2D eigenvalue weighted by Gasteiger charge is -2.21. The average molecular weight is 401 g/mol. The van der Waals surface area contributed by atoms with Crippen molar-refractivity contribution in [2.24, 2.45) is 5.92 Å². The van der Waals surface area contributed by atoms with E-state index in [1.807, 2.05) is 0 Å². The van der Waals surface area contributed by atoms with Gasteiger partial charge in [-0.05, 0) is 44.0 Å². The summed E-state index contributed by atoms with van der Waals surface area (Å²) < 4.78 is 2.13. The molecule has 1 saturated carbocycles. The number of hydrogen-bond acceptors (Lipinski definition) is 5. The van der Waals surface area contributed by atoms with Gasteiger partial charge in [0.25, 0.3) is 0 Å². The standard InChI is InChI=1S/C21H28N4O2S/c1-3-25-19(13-16-7-5-4-6-8-16)23-24-21(25)28-14-20(27)22-18-11-9-17(10-12-18)15(2)26/h9-12,16H,3-8,13-14H2,1-2H3,(H,22,27). The largest absolute Gasteiger partial charge is 0.325 e. The number of carbonyl (C=O) groups is 2. The maximum absolute atomic E-state index is 12.3. The van der Waals surface area contributed by atoms with E-state index in [4.69, 9.17) is 0 Å². The Morgan fingerprint density at radius 3 is 2.50 bits per heavy atom. The Morgan fingerprint density at radius 1 is 1.14 bits per heavy atom. The maximum Gasteiger partial charge on any atom is 0.234 e. The van der Waals surface area contributed by atoms with Crippen LogP contribution in [-0.2, 0) is 17.8 Å². The summed E-state index contributed by atoms with van der Waals surface area (Å²) in [5.74, 6) is 1.94. The van der Waals surface area contributed by atoms with E-state index in [0.29, 0.717) is 17.2 Å². The fourth-order valence-corrected chi connectivity index (χ4v) is 4.48. The summed E-state index contributed by atoms with van der Waals surface area (Å²) in [5, 5.41) is 12.4. The van der Waals surface area contributed by atoms with Crippen LogP contribution in [0.2, 0.25) is 0 Å². The average Bonchev–Trinajstić information content (AvgIpc) is 3.09. The minimum atomic E-state index is -0.0972. The SMILES string of the molecule is CCn1c(CC2CCCCC2)nnc1SCC(=O)Nc1ccc(C(C)=O)cc1. The number of ketones is 1. The predicted molar refractivity (Wildman–Crippen MR) is 112 cm³/mol. The number of nitrogens with one attached hydrogen (secondary N) is 1. The van der Waals surface area contributed by atoms with Crippen molar-refractivity contribution >= 4 is 29.1 Å². The Bertz CT molecular complexity index is 810. The second kappa shape index (κ2) is 9.87. The molecule has 1 heterocycles. The summed E-state index contributed by atoms with van der Waals surface area (Å²) in [6, 6.07) is 6.93. The lowest BCUT2D eigenvalue weighted by molar-refractivity contribution is -0.113. The molecule has 0 atom stereocenters. The number of carbonyl (C=O) groups excluding carboxylic acids is 2. The number of benzene rings is 1. The highest BCUT2D eigenvalue weighted by Crippen LogP contribution is 2.27. The van der Waals surface area contributed by atoms with E-state index in [1.54, 1.807) is 24.3 Å². The van der Waals surface area contributed by atoms with Crippen molar-refractivity contribution in [2.45, 2.75) is 64.1 Å². The van der Waals surface area contributed by atoms with Crippen molar-refractivity contribution in [1.82, 2.24) is 14.8 Å². The van der Waals surface area contributed by atoms with Crippen molar-refractivity contribution < 1.29 is 9.59 Å². The number of anilines is 1. The molecule has 6 nitrogen and oxygen atoms in total. The van der Waals surface area contributed by atoms with Crippen LogP contribution in [-0.4, -0.2) is 32.2 Å². The van der Waals surface area contributed by atoms with E-state index in [0.717, 1.165) is 23.9 Å². The molecule has 1 aromatic carbocycles. The van der Waals surface area contributed by atoms with Crippen LogP contribution in [0.1, 0.15) is 62.1 Å². The number of nitrogens with zero attached hydrogens (tertiary/aromatic N) is 3. The highest BCUT2D eigenvalue weighted by Gasteiger charge is 2.19. The van der Waals surface area contributed by atoms with E-state index in [-0.39, 0.29) is 17.4 Å². The van der Waals surface area contributed by atoms with Gasteiger partial charge in [0.05, 0.1) is 5.75 Å². The molecule has 150 valence electrons. The first kappa shape index (κ1) is 20.6. The summed E-state index contributed by atoms with van der Waals surface area (Å²) in [6.45, 7) is 4.43. The first-order valence-electron chi connectivity index (χ1n) is 10.0. The molecule has 0 saturated heterocycles. The lowest BCUT2D eigenvalue weighted by atomic mass is 9.87. The third-order valence-electron chi connectivity index (χ3n) is 5.21. The van der Waals surface area contributed by atoms with E-state index in [1.165, 1.54) is 50.8 Å². The molecule has 3 rings (SSSR count). The van der Waals surface area contributed by atoms with Crippen LogP contribution < -0.4 is 5.32 Å². The van der Waals surface area contributed by atoms with E-state index in [9.17, 15) is 9.59 Å². The van der Waals surface area contributed by atoms with Crippen LogP contribution in [0.5, 0.6) is 0 Å². The van der Waals surface area contributed by atoms with Crippen molar-refractivity contribution in [3.63, 3.8) is 0 Å². The Balaban J connectivity index is 1.54. The van der Waals surface area contributed by atoms with Gasteiger partial charge in [0.2, 0.25) is 5.91 Å². The van der Waals surface area contributed by atoms with Gasteiger partial charge in [0, 0.05) is 24.2 Å². The first-order chi connectivity index (χ1) is 13.6. The molecule has 1 aliphatic rings. The number of amides is 1. The summed E-state index contributed by atoms with van der Waals surface area (Å²) in [5.41, 5.74) is 1.32. The second-order valence-electron chi connectivity index (χ2n) is 7.32. The summed E-state index contributed by atoms with van der Waals surface area (Å²) in [7, 11) is 0. The fourth-order valence-electron chi connectivity index (χ4n) is 3.66. The number of thioether (sulfide) groups is 1. The number of hydrogen-bond donors (Lipinski definition) is 1. The van der Waals surface area contributed by atoms with Gasteiger partial charge < -0.3 is 9.88 Å². The van der Waals surface area contributed by atoms with Crippen LogP contribution in [0, 0.1) is 5.92 Å². The Kier molecular flexibility index (Phi) is 7.25. The molecule has 0 aliphatic heterocycles. The smallest absolute Gasteiger partial charge is 0.234 e. The van der Waals surface area contributed by atoms with Crippen LogP contribution in [0.4, 0.5) is 5.69 Å². The second-order valence-corrected chi connectivity index (χ2v) is 8.26. The lowest BCUT2D eigenvalue weighted by Crippen LogP contribution is -2.15. The Hall–Kier alpha value is -2.15. The van der Waals surface area contributed by atoms with Gasteiger partial charge in [0.1, 0.15) is 5.82 Å². The minimum absolute atomic E-state index is 0.0105. The zero-order chi connectivity index (χ0) is 19.9. The van der Waals surface area contributed by atoms with Gasteiger partial charge in [-0.1, -0.05) is 43.9 Å². The molecular weight excluding hydrogens is 372 g/mol. The highest BCUT2D eigenvalue weighted by molar-refractivity contribution is 7.99. The molecule has 1 amide bonds. The van der Waals surface area contributed by atoms with E-state index < -0.39 is 0 Å². The van der Waals surface area contributed by atoms with Crippen LogP contribution >= 0.6 is 11.8 Å². The van der Waals surface area contributed by atoms with Gasteiger partial charge in [0.15, 0.2) is 10.9 Å². The van der Waals surface area contributed by atoms with Gasteiger partial charge >= 0.3 is 0 Å². The van der Waals surface area contributed by atoms with Gasteiger partial charge in [-0.3, -0.25) is 9.59 Å². The molecule has 28 heavy (non-hydrogen) atoms. The molecule has 1 aliphatic carbocycles. The number of Topliss-reactive ketones (excluding diaryl/α,β-unsaturated/α-hetero) is 1. The molecule has 1 N–H and O–H groups in total. The zero-order valence-electron chi connectivity index (χ0n) is 16.6. The molecule has 0 unspecified atom stereocenters. The van der Waals surface area contributed by atoms with Crippen LogP contribution in [0.3, 0.4) is 0 Å². The molecule has 1 fully saturated rings. The van der Waals surface area contributed by atoms with Gasteiger partial charge in [-0.15, -0.1) is 10.2 Å². The molecule has 0 spiro atoms. The molecule has 0 bridgehead atoms.